The topological polar surface area (TPSA) is 121 Å². The van der Waals surface area contributed by atoms with Crippen LogP contribution in [0.2, 0.25) is 0 Å². The first-order valence-electron chi connectivity index (χ1n) is 8.85. The van der Waals surface area contributed by atoms with Crippen LogP contribution in [-0.4, -0.2) is 39.2 Å². The van der Waals surface area contributed by atoms with E-state index in [0.29, 0.717) is 40.5 Å². The number of aromatic nitrogens is 3. The zero-order valence-corrected chi connectivity index (χ0v) is 16.5. The van der Waals surface area contributed by atoms with Crippen molar-refractivity contribution in [1.29, 1.82) is 0 Å². The predicted octanol–water partition coefficient (Wildman–Crippen LogP) is 2.89. The molecule has 0 unspecified atom stereocenters. The summed E-state index contributed by atoms with van der Waals surface area (Å²) in [4.78, 5) is 24.3. The first-order chi connectivity index (χ1) is 14.6. The van der Waals surface area contributed by atoms with Crippen LogP contribution in [0.25, 0.3) is 11.6 Å². The maximum atomic E-state index is 12.2. The van der Waals surface area contributed by atoms with Crippen LogP contribution in [0.4, 0.5) is 10.5 Å². The number of carbonyl (C=O) groups excluding carboxylic acids is 2. The number of furan rings is 1. The summed E-state index contributed by atoms with van der Waals surface area (Å²) in [5.41, 5.74) is 0.478. The Morgan fingerprint density at radius 3 is 2.90 bits per heavy atom. The molecule has 30 heavy (non-hydrogen) atoms. The summed E-state index contributed by atoms with van der Waals surface area (Å²) in [6.45, 7) is 4.31. The first-order valence-corrected chi connectivity index (χ1v) is 9.84. The molecule has 0 saturated carbocycles. The summed E-state index contributed by atoms with van der Waals surface area (Å²) in [7, 11) is 0. The summed E-state index contributed by atoms with van der Waals surface area (Å²) in [6, 6.07) is 7.82. The lowest BCUT2D eigenvalue weighted by Crippen LogP contribution is -2.35. The van der Waals surface area contributed by atoms with Gasteiger partial charge in [0.25, 0.3) is 0 Å². The molecule has 3 amide bonds. The molecule has 3 heterocycles. The molecule has 0 aliphatic carbocycles. The van der Waals surface area contributed by atoms with Crippen LogP contribution in [0.1, 0.15) is 0 Å². The SMILES string of the molecule is C=CCn1c(SCC(=O)NC(=O)Nc2ccc3c(c2)OCO3)nnc1-c1ccco1. The van der Waals surface area contributed by atoms with E-state index >= 15 is 0 Å². The lowest BCUT2D eigenvalue weighted by Gasteiger charge is -2.08. The van der Waals surface area contributed by atoms with Gasteiger partial charge in [0.2, 0.25) is 18.5 Å². The number of hydrogen-bond donors (Lipinski definition) is 2. The van der Waals surface area contributed by atoms with E-state index in [1.165, 1.54) is 0 Å². The van der Waals surface area contributed by atoms with E-state index in [9.17, 15) is 9.59 Å². The van der Waals surface area contributed by atoms with Gasteiger partial charge < -0.3 is 19.2 Å². The van der Waals surface area contributed by atoms with Gasteiger partial charge in [0, 0.05) is 18.3 Å². The zero-order valence-electron chi connectivity index (χ0n) is 15.7. The minimum Gasteiger partial charge on any atom is -0.461 e. The Kier molecular flexibility index (Phi) is 5.70. The molecule has 0 fully saturated rings. The fourth-order valence-electron chi connectivity index (χ4n) is 2.71. The summed E-state index contributed by atoms with van der Waals surface area (Å²) in [6.07, 6.45) is 3.24. The first kappa shape index (κ1) is 19.6. The normalized spacial score (nSPS) is 11.9. The van der Waals surface area contributed by atoms with Crippen molar-refractivity contribution in [2.24, 2.45) is 0 Å². The second-order valence-electron chi connectivity index (χ2n) is 6.04. The summed E-state index contributed by atoms with van der Waals surface area (Å²) >= 11 is 1.15. The fourth-order valence-corrected chi connectivity index (χ4v) is 3.45. The van der Waals surface area contributed by atoms with Crippen LogP contribution in [0, 0.1) is 0 Å². The molecule has 0 saturated heterocycles. The number of allylic oxidation sites excluding steroid dienone is 1. The average molecular weight is 427 g/mol. The highest BCUT2D eigenvalue weighted by atomic mass is 32.2. The van der Waals surface area contributed by atoms with Crippen LogP contribution in [0.15, 0.2) is 58.8 Å². The van der Waals surface area contributed by atoms with Gasteiger partial charge in [-0.3, -0.25) is 14.7 Å². The van der Waals surface area contributed by atoms with Crippen molar-refractivity contribution >= 4 is 29.4 Å². The Morgan fingerprint density at radius 2 is 2.10 bits per heavy atom. The number of ether oxygens (including phenoxy) is 2. The maximum absolute atomic E-state index is 12.2. The zero-order chi connectivity index (χ0) is 20.9. The lowest BCUT2D eigenvalue weighted by atomic mass is 10.3. The van der Waals surface area contributed by atoms with Crippen LogP contribution < -0.4 is 20.1 Å². The Morgan fingerprint density at radius 1 is 1.23 bits per heavy atom. The van der Waals surface area contributed by atoms with E-state index in [0.717, 1.165) is 11.8 Å². The molecular weight excluding hydrogens is 410 g/mol. The number of thioether (sulfide) groups is 1. The molecule has 0 atom stereocenters. The van der Waals surface area contributed by atoms with Gasteiger partial charge >= 0.3 is 6.03 Å². The number of carbonyl (C=O) groups is 2. The number of benzene rings is 1. The minimum absolute atomic E-state index is 0.0258. The number of nitrogens with zero attached hydrogens (tertiary/aromatic N) is 3. The number of imide groups is 1. The number of urea groups is 1. The third-order valence-electron chi connectivity index (χ3n) is 3.99. The van der Waals surface area contributed by atoms with Gasteiger partial charge in [-0.25, -0.2) is 4.79 Å². The quantitative estimate of drug-likeness (QED) is 0.436. The molecular formula is C19H17N5O5S. The number of hydrogen-bond acceptors (Lipinski definition) is 8. The molecule has 2 aromatic heterocycles. The van der Waals surface area contributed by atoms with Crippen LogP contribution in [-0.2, 0) is 11.3 Å². The third-order valence-corrected chi connectivity index (χ3v) is 4.95. The van der Waals surface area contributed by atoms with Crippen molar-refractivity contribution in [2.75, 3.05) is 17.9 Å². The Bertz CT molecular complexity index is 1080. The van der Waals surface area contributed by atoms with Gasteiger partial charge in [0.15, 0.2) is 22.4 Å². The van der Waals surface area contributed by atoms with E-state index in [1.54, 1.807) is 47.2 Å². The minimum atomic E-state index is -0.650. The van der Waals surface area contributed by atoms with Crippen LogP contribution in [0.3, 0.4) is 0 Å². The Balaban J connectivity index is 1.33. The van der Waals surface area contributed by atoms with Gasteiger partial charge in [-0.15, -0.1) is 16.8 Å². The number of amides is 3. The lowest BCUT2D eigenvalue weighted by molar-refractivity contribution is -0.117. The number of rotatable bonds is 7. The third kappa shape index (κ3) is 4.30. The van der Waals surface area contributed by atoms with E-state index in [2.05, 4.69) is 27.4 Å². The second-order valence-corrected chi connectivity index (χ2v) is 6.98. The molecule has 4 rings (SSSR count). The van der Waals surface area contributed by atoms with Crippen LogP contribution >= 0.6 is 11.8 Å². The van der Waals surface area contributed by atoms with Crippen LogP contribution in [0.5, 0.6) is 11.5 Å². The smallest absolute Gasteiger partial charge is 0.325 e. The highest BCUT2D eigenvalue weighted by Crippen LogP contribution is 2.34. The standard InChI is InChI=1S/C19H17N5O5S/c1-2-7-24-17(14-4-3-8-27-14)22-23-19(24)30-10-16(25)21-18(26)20-12-5-6-13-15(9-12)29-11-28-13/h2-6,8-9H,1,7,10-11H2,(H2,20,21,25,26). The molecule has 1 aromatic carbocycles. The molecule has 3 aromatic rings. The van der Waals surface area contributed by atoms with Gasteiger partial charge in [-0.1, -0.05) is 17.8 Å². The molecule has 0 bridgehead atoms. The van der Waals surface area contributed by atoms with Crippen molar-refractivity contribution < 1.29 is 23.5 Å². The van der Waals surface area contributed by atoms with Gasteiger partial charge in [0.1, 0.15) is 0 Å². The van der Waals surface area contributed by atoms with E-state index in [4.69, 9.17) is 13.9 Å². The van der Waals surface area contributed by atoms with Crippen molar-refractivity contribution in [1.82, 2.24) is 20.1 Å². The average Bonchev–Trinajstić information content (AvgIpc) is 3.47. The number of fused-ring (bicyclic) bond motifs is 1. The molecule has 11 heteroatoms. The molecule has 154 valence electrons. The molecule has 0 radical (unpaired) electrons. The molecule has 2 N–H and O–H groups in total. The summed E-state index contributed by atoms with van der Waals surface area (Å²) in [5, 5.41) is 13.6. The molecule has 1 aliphatic heterocycles. The molecule has 0 spiro atoms. The Hall–Kier alpha value is -3.73. The van der Waals surface area contributed by atoms with E-state index < -0.39 is 11.9 Å². The monoisotopic (exact) mass is 427 g/mol. The second kappa shape index (κ2) is 8.74. The highest BCUT2D eigenvalue weighted by molar-refractivity contribution is 7.99. The van der Waals surface area contributed by atoms with Gasteiger partial charge in [-0.05, 0) is 24.3 Å². The summed E-state index contributed by atoms with van der Waals surface area (Å²) in [5.74, 6) is 1.72. The van der Waals surface area contributed by atoms with Crippen molar-refractivity contribution in [3.05, 3.63) is 49.2 Å². The van der Waals surface area contributed by atoms with E-state index in [-0.39, 0.29) is 12.5 Å². The van der Waals surface area contributed by atoms with Gasteiger partial charge in [-0.2, -0.15) is 0 Å². The predicted molar refractivity (Wildman–Crippen MR) is 108 cm³/mol. The Labute approximate surface area is 175 Å². The number of anilines is 1. The number of nitrogens with one attached hydrogen (secondary N) is 2. The molecule has 1 aliphatic rings. The highest BCUT2D eigenvalue weighted by Gasteiger charge is 2.18. The van der Waals surface area contributed by atoms with Crippen molar-refractivity contribution in [2.45, 2.75) is 11.7 Å². The maximum Gasteiger partial charge on any atom is 0.325 e. The largest absolute Gasteiger partial charge is 0.461 e. The fraction of sp³-hybridized carbons (Fsp3) is 0.158. The van der Waals surface area contributed by atoms with Crippen molar-refractivity contribution in [3.63, 3.8) is 0 Å². The van der Waals surface area contributed by atoms with E-state index in [1.807, 2.05) is 0 Å². The van der Waals surface area contributed by atoms with Crippen molar-refractivity contribution in [3.8, 4) is 23.1 Å². The summed E-state index contributed by atoms with van der Waals surface area (Å²) < 4.78 is 17.6. The molecule has 10 nitrogen and oxygen atoms in total. The van der Waals surface area contributed by atoms with Gasteiger partial charge in [0.05, 0.1) is 12.0 Å².